The lowest BCUT2D eigenvalue weighted by Crippen LogP contribution is -2.41. The number of carbonyl (C=O) groups is 1. The van der Waals surface area contributed by atoms with Gasteiger partial charge in [0.25, 0.3) is 0 Å². The second-order valence-electron chi connectivity index (χ2n) is 7.39. The average Bonchev–Trinajstić information content (AvgIpc) is 3.09. The van der Waals surface area contributed by atoms with E-state index < -0.39 is 0 Å². The topological polar surface area (TPSA) is 56.2 Å². The van der Waals surface area contributed by atoms with Crippen molar-refractivity contribution in [3.05, 3.63) is 60.8 Å². The minimum Gasteiger partial charge on any atom is -0.495 e. The van der Waals surface area contributed by atoms with Crippen molar-refractivity contribution in [2.24, 2.45) is 0 Å². The number of para-hydroxylation sites is 2. The Bertz CT molecular complexity index is 946. The number of methoxy groups -OCH3 is 1. The van der Waals surface area contributed by atoms with Crippen LogP contribution in [-0.2, 0) is 4.79 Å². The molecular weight excluding hydrogens is 370 g/mol. The van der Waals surface area contributed by atoms with Crippen molar-refractivity contribution in [3.8, 4) is 22.7 Å². The fraction of sp³-hybridized carbons (Fsp3) is 0.273. The SMILES string of the molecule is COc1ccccc1-n1c(-c2ccccc2)cnc1SCC(=O)NC(C)(C)C. The van der Waals surface area contributed by atoms with Crippen LogP contribution in [-0.4, -0.2) is 33.9 Å². The van der Waals surface area contributed by atoms with Crippen LogP contribution < -0.4 is 10.1 Å². The molecule has 1 aromatic heterocycles. The van der Waals surface area contributed by atoms with Crippen LogP contribution in [0.1, 0.15) is 20.8 Å². The van der Waals surface area contributed by atoms with Gasteiger partial charge in [-0.25, -0.2) is 4.98 Å². The van der Waals surface area contributed by atoms with Gasteiger partial charge in [-0.1, -0.05) is 54.2 Å². The monoisotopic (exact) mass is 395 g/mol. The Morgan fingerprint density at radius 2 is 1.79 bits per heavy atom. The van der Waals surface area contributed by atoms with E-state index in [1.165, 1.54) is 11.8 Å². The van der Waals surface area contributed by atoms with Gasteiger partial charge in [0.05, 0.1) is 30.4 Å². The summed E-state index contributed by atoms with van der Waals surface area (Å²) in [5.41, 5.74) is 2.63. The fourth-order valence-corrected chi connectivity index (χ4v) is 3.67. The maximum absolute atomic E-state index is 12.3. The zero-order chi connectivity index (χ0) is 20.1. The van der Waals surface area contributed by atoms with Gasteiger partial charge in [-0.2, -0.15) is 0 Å². The van der Waals surface area contributed by atoms with E-state index in [2.05, 4.69) is 10.3 Å². The summed E-state index contributed by atoms with van der Waals surface area (Å²) in [5, 5.41) is 3.73. The molecule has 0 radical (unpaired) electrons. The van der Waals surface area contributed by atoms with Crippen LogP contribution in [0.15, 0.2) is 66.0 Å². The third-order valence-corrected chi connectivity index (χ3v) is 4.92. The highest BCUT2D eigenvalue weighted by molar-refractivity contribution is 7.99. The molecule has 5 nitrogen and oxygen atoms in total. The largest absolute Gasteiger partial charge is 0.495 e. The first-order valence-electron chi connectivity index (χ1n) is 9.09. The molecule has 6 heteroatoms. The summed E-state index contributed by atoms with van der Waals surface area (Å²) in [6.07, 6.45) is 1.84. The van der Waals surface area contributed by atoms with Crippen molar-refractivity contribution in [2.45, 2.75) is 31.5 Å². The smallest absolute Gasteiger partial charge is 0.230 e. The maximum Gasteiger partial charge on any atom is 0.230 e. The zero-order valence-corrected chi connectivity index (χ0v) is 17.4. The molecule has 0 spiro atoms. The second kappa shape index (κ2) is 8.52. The van der Waals surface area contributed by atoms with E-state index in [4.69, 9.17) is 4.74 Å². The Labute approximate surface area is 170 Å². The molecule has 3 aromatic rings. The van der Waals surface area contributed by atoms with Crippen molar-refractivity contribution in [1.29, 1.82) is 0 Å². The molecule has 146 valence electrons. The second-order valence-corrected chi connectivity index (χ2v) is 8.33. The standard InChI is InChI=1S/C22H25N3O2S/c1-22(2,3)24-20(26)15-28-21-23-14-18(16-10-6-5-7-11-16)25(21)17-12-8-9-13-19(17)27-4/h5-14H,15H2,1-4H3,(H,24,26). The lowest BCUT2D eigenvalue weighted by Gasteiger charge is -2.20. The number of benzene rings is 2. The summed E-state index contributed by atoms with van der Waals surface area (Å²) in [6, 6.07) is 17.9. The predicted octanol–water partition coefficient (Wildman–Crippen LogP) is 4.55. The van der Waals surface area contributed by atoms with Gasteiger partial charge < -0.3 is 10.1 Å². The van der Waals surface area contributed by atoms with E-state index in [-0.39, 0.29) is 17.2 Å². The van der Waals surface area contributed by atoms with E-state index in [9.17, 15) is 4.79 Å². The van der Waals surface area contributed by atoms with Gasteiger partial charge in [0, 0.05) is 11.1 Å². The quantitative estimate of drug-likeness (QED) is 0.622. The average molecular weight is 396 g/mol. The molecule has 0 unspecified atom stereocenters. The van der Waals surface area contributed by atoms with Crippen LogP contribution in [0.5, 0.6) is 5.75 Å². The van der Waals surface area contributed by atoms with Gasteiger partial charge in [0.15, 0.2) is 5.16 Å². The first kappa shape index (κ1) is 20.0. The lowest BCUT2D eigenvalue weighted by molar-refractivity contribution is -0.119. The Hall–Kier alpha value is -2.73. The number of nitrogens with one attached hydrogen (secondary N) is 1. The fourth-order valence-electron chi connectivity index (χ4n) is 2.88. The molecule has 0 aliphatic rings. The van der Waals surface area contributed by atoms with Gasteiger partial charge in [0.1, 0.15) is 5.75 Å². The molecule has 28 heavy (non-hydrogen) atoms. The summed E-state index contributed by atoms with van der Waals surface area (Å²) >= 11 is 1.41. The summed E-state index contributed by atoms with van der Waals surface area (Å²) in [6.45, 7) is 5.91. The third kappa shape index (κ3) is 4.75. The molecule has 2 aromatic carbocycles. The molecule has 1 heterocycles. The molecule has 1 amide bonds. The van der Waals surface area contributed by atoms with Crippen molar-refractivity contribution in [1.82, 2.24) is 14.9 Å². The molecule has 0 atom stereocenters. The summed E-state index contributed by atoms with van der Waals surface area (Å²) in [7, 11) is 1.65. The lowest BCUT2D eigenvalue weighted by atomic mass is 10.1. The molecule has 0 fully saturated rings. The van der Waals surface area contributed by atoms with Crippen molar-refractivity contribution in [2.75, 3.05) is 12.9 Å². The van der Waals surface area contributed by atoms with Crippen LogP contribution in [0.3, 0.4) is 0 Å². The molecule has 0 saturated carbocycles. The van der Waals surface area contributed by atoms with Crippen LogP contribution in [0.25, 0.3) is 16.9 Å². The number of amides is 1. The van der Waals surface area contributed by atoms with Crippen LogP contribution in [0, 0.1) is 0 Å². The molecule has 3 rings (SSSR count). The predicted molar refractivity (Wildman–Crippen MR) is 114 cm³/mol. The molecule has 1 N–H and O–H groups in total. The highest BCUT2D eigenvalue weighted by Crippen LogP contribution is 2.33. The Morgan fingerprint density at radius 1 is 1.11 bits per heavy atom. The number of rotatable bonds is 6. The van der Waals surface area contributed by atoms with Crippen molar-refractivity contribution in [3.63, 3.8) is 0 Å². The number of hydrogen-bond donors (Lipinski definition) is 1. The van der Waals surface area contributed by atoms with Gasteiger partial charge in [-0.05, 0) is 32.9 Å². The third-order valence-electron chi connectivity index (χ3n) is 3.97. The van der Waals surface area contributed by atoms with E-state index in [0.717, 1.165) is 27.9 Å². The highest BCUT2D eigenvalue weighted by atomic mass is 32.2. The van der Waals surface area contributed by atoms with Crippen LogP contribution in [0.4, 0.5) is 0 Å². The van der Waals surface area contributed by atoms with E-state index >= 15 is 0 Å². The zero-order valence-electron chi connectivity index (χ0n) is 16.6. The molecule has 0 aliphatic carbocycles. The number of nitrogens with zero attached hydrogens (tertiary/aromatic N) is 2. The Morgan fingerprint density at radius 3 is 2.46 bits per heavy atom. The molecule has 0 aliphatic heterocycles. The van der Waals surface area contributed by atoms with Crippen LogP contribution >= 0.6 is 11.8 Å². The number of thioether (sulfide) groups is 1. The maximum atomic E-state index is 12.3. The van der Waals surface area contributed by atoms with E-state index in [1.807, 2.05) is 86.1 Å². The highest BCUT2D eigenvalue weighted by Gasteiger charge is 2.19. The minimum absolute atomic E-state index is 0.0201. The summed E-state index contributed by atoms with van der Waals surface area (Å²) in [5.74, 6) is 1.02. The Kier molecular flexibility index (Phi) is 6.09. The number of hydrogen-bond acceptors (Lipinski definition) is 4. The van der Waals surface area contributed by atoms with E-state index in [0.29, 0.717) is 0 Å². The van der Waals surface area contributed by atoms with Gasteiger partial charge >= 0.3 is 0 Å². The van der Waals surface area contributed by atoms with Gasteiger partial charge in [0.2, 0.25) is 5.91 Å². The Balaban J connectivity index is 1.99. The van der Waals surface area contributed by atoms with Crippen molar-refractivity contribution < 1.29 is 9.53 Å². The molecular formula is C22H25N3O2S. The molecule has 0 bridgehead atoms. The first-order valence-corrected chi connectivity index (χ1v) is 10.1. The molecule has 0 saturated heterocycles. The number of carbonyl (C=O) groups excluding carboxylic acids is 1. The van der Waals surface area contributed by atoms with Crippen LogP contribution in [0.2, 0.25) is 0 Å². The number of ether oxygens (including phenoxy) is 1. The van der Waals surface area contributed by atoms with Crippen molar-refractivity contribution >= 4 is 17.7 Å². The normalized spacial score (nSPS) is 11.3. The number of imidazole rings is 1. The first-order chi connectivity index (χ1) is 13.4. The van der Waals surface area contributed by atoms with Gasteiger partial charge in [-0.3, -0.25) is 9.36 Å². The van der Waals surface area contributed by atoms with E-state index in [1.54, 1.807) is 7.11 Å². The minimum atomic E-state index is -0.259. The summed E-state index contributed by atoms with van der Waals surface area (Å²) < 4.78 is 7.61. The number of aromatic nitrogens is 2. The van der Waals surface area contributed by atoms with Gasteiger partial charge in [-0.15, -0.1) is 0 Å². The summed E-state index contributed by atoms with van der Waals surface area (Å²) in [4.78, 5) is 16.9.